The second-order valence-corrected chi connectivity index (χ2v) is 4.20. The first-order valence-corrected chi connectivity index (χ1v) is 6.22. The highest BCUT2D eigenvalue weighted by atomic mass is 16.3. The van der Waals surface area contributed by atoms with Gasteiger partial charge in [0.05, 0.1) is 17.5 Å². The Labute approximate surface area is 111 Å². The molecule has 100 valence electrons. The molecule has 0 spiro atoms. The first-order valence-electron chi connectivity index (χ1n) is 6.22. The smallest absolute Gasteiger partial charge is 0.253 e. The summed E-state index contributed by atoms with van der Waals surface area (Å²) in [5, 5.41) is 2.81. The molecule has 0 aliphatic carbocycles. The van der Waals surface area contributed by atoms with Crippen molar-refractivity contribution in [3.8, 4) is 11.5 Å². The number of nitrogens with zero attached hydrogens (tertiary/aromatic N) is 1. The Hall–Kier alpha value is -2.14. The van der Waals surface area contributed by atoms with Crippen LogP contribution < -0.4 is 11.1 Å². The van der Waals surface area contributed by atoms with Gasteiger partial charge in [-0.2, -0.15) is 0 Å². The zero-order valence-electron chi connectivity index (χ0n) is 10.8. The summed E-state index contributed by atoms with van der Waals surface area (Å²) < 4.78 is 5.28. The van der Waals surface area contributed by atoms with Crippen molar-refractivity contribution >= 4 is 5.91 Å². The number of aryl methyl sites for hydroxylation is 1. The SMILES string of the molecule is Cc1nc(-c2ccco2)ccc1C(=O)NCCCN. The Morgan fingerprint density at radius 1 is 1.42 bits per heavy atom. The lowest BCUT2D eigenvalue weighted by Crippen LogP contribution is -2.26. The second-order valence-electron chi connectivity index (χ2n) is 4.20. The van der Waals surface area contributed by atoms with Crippen LogP contribution in [0.2, 0.25) is 0 Å². The number of nitrogens with one attached hydrogen (secondary N) is 1. The number of hydrogen-bond donors (Lipinski definition) is 2. The topological polar surface area (TPSA) is 81.2 Å². The van der Waals surface area contributed by atoms with E-state index in [1.54, 1.807) is 24.5 Å². The van der Waals surface area contributed by atoms with Crippen LogP contribution in [-0.4, -0.2) is 24.0 Å². The van der Waals surface area contributed by atoms with E-state index in [4.69, 9.17) is 10.2 Å². The van der Waals surface area contributed by atoms with Gasteiger partial charge in [0, 0.05) is 6.54 Å². The van der Waals surface area contributed by atoms with Gasteiger partial charge in [0.2, 0.25) is 0 Å². The van der Waals surface area contributed by atoms with E-state index in [-0.39, 0.29) is 5.91 Å². The van der Waals surface area contributed by atoms with Crippen LogP contribution in [0.3, 0.4) is 0 Å². The average molecular weight is 259 g/mol. The molecule has 0 aromatic carbocycles. The van der Waals surface area contributed by atoms with E-state index in [2.05, 4.69) is 10.3 Å². The van der Waals surface area contributed by atoms with Gasteiger partial charge in [-0.3, -0.25) is 4.79 Å². The fourth-order valence-corrected chi connectivity index (χ4v) is 1.76. The van der Waals surface area contributed by atoms with Crippen LogP contribution in [0.4, 0.5) is 0 Å². The molecule has 2 aromatic heterocycles. The van der Waals surface area contributed by atoms with Crippen molar-refractivity contribution in [1.29, 1.82) is 0 Å². The predicted molar refractivity (Wildman–Crippen MR) is 72.7 cm³/mol. The molecule has 0 aliphatic rings. The van der Waals surface area contributed by atoms with E-state index in [0.29, 0.717) is 30.1 Å². The molecule has 0 saturated heterocycles. The van der Waals surface area contributed by atoms with E-state index in [1.807, 2.05) is 13.0 Å². The van der Waals surface area contributed by atoms with Gasteiger partial charge in [-0.15, -0.1) is 0 Å². The second kappa shape index (κ2) is 6.15. The average Bonchev–Trinajstić information content (AvgIpc) is 2.92. The molecule has 5 nitrogen and oxygen atoms in total. The lowest BCUT2D eigenvalue weighted by Gasteiger charge is -2.07. The van der Waals surface area contributed by atoms with E-state index in [9.17, 15) is 4.79 Å². The van der Waals surface area contributed by atoms with Gasteiger partial charge in [0.25, 0.3) is 5.91 Å². The third-order valence-corrected chi connectivity index (χ3v) is 2.77. The number of hydrogen-bond acceptors (Lipinski definition) is 4. The number of furan rings is 1. The van der Waals surface area contributed by atoms with Crippen molar-refractivity contribution in [2.24, 2.45) is 5.73 Å². The zero-order chi connectivity index (χ0) is 13.7. The van der Waals surface area contributed by atoms with Gasteiger partial charge in [-0.25, -0.2) is 4.98 Å². The minimum absolute atomic E-state index is 0.121. The lowest BCUT2D eigenvalue weighted by molar-refractivity contribution is 0.0952. The van der Waals surface area contributed by atoms with E-state index in [1.165, 1.54) is 0 Å². The molecule has 2 heterocycles. The molecule has 0 fully saturated rings. The normalized spacial score (nSPS) is 10.4. The monoisotopic (exact) mass is 259 g/mol. The molecule has 19 heavy (non-hydrogen) atoms. The van der Waals surface area contributed by atoms with Crippen LogP contribution in [0.5, 0.6) is 0 Å². The first kappa shape index (κ1) is 13.3. The molecule has 2 rings (SSSR count). The first-order chi connectivity index (χ1) is 9.22. The molecule has 0 radical (unpaired) electrons. The minimum atomic E-state index is -0.121. The molecule has 2 aromatic rings. The van der Waals surface area contributed by atoms with E-state index < -0.39 is 0 Å². The largest absolute Gasteiger partial charge is 0.463 e. The molecular weight excluding hydrogens is 242 g/mol. The minimum Gasteiger partial charge on any atom is -0.463 e. The molecule has 5 heteroatoms. The highest BCUT2D eigenvalue weighted by Crippen LogP contribution is 2.19. The Morgan fingerprint density at radius 2 is 2.26 bits per heavy atom. The Morgan fingerprint density at radius 3 is 2.89 bits per heavy atom. The molecular formula is C14H17N3O2. The summed E-state index contributed by atoms with van der Waals surface area (Å²) in [6.45, 7) is 2.95. The molecule has 3 N–H and O–H groups in total. The van der Waals surface area contributed by atoms with Crippen LogP contribution in [0, 0.1) is 6.92 Å². The molecule has 0 saturated carbocycles. The fraction of sp³-hybridized carbons (Fsp3) is 0.286. The Balaban J connectivity index is 2.13. The number of nitrogens with two attached hydrogens (primary N) is 1. The van der Waals surface area contributed by atoms with E-state index in [0.717, 1.165) is 12.1 Å². The fourth-order valence-electron chi connectivity index (χ4n) is 1.76. The van der Waals surface area contributed by atoms with Gasteiger partial charge < -0.3 is 15.5 Å². The quantitative estimate of drug-likeness (QED) is 0.801. The van der Waals surface area contributed by atoms with Crippen LogP contribution in [0.25, 0.3) is 11.5 Å². The number of aromatic nitrogens is 1. The summed E-state index contributed by atoms with van der Waals surface area (Å²) in [7, 11) is 0. The number of pyridine rings is 1. The van der Waals surface area contributed by atoms with Crippen molar-refractivity contribution in [2.75, 3.05) is 13.1 Å². The van der Waals surface area contributed by atoms with Gasteiger partial charge >= 0.3 is 0 Å². The summed E-state index contributed by atoms with van der Waals surface area (Å²) in [6.07, 6.45) is 2.36. The van der Waals surface area contributed by atoms with Crippen molar-refractivity contribution in [1.82, 2.24) is 10.3 Å². The highest BCUT2D eigenvalue weighted by Gasteiger charge is 2.11. The number of rotatable bonds is 5. The van der Waals surface area contributed by atoms with Crippen LogP contribution in [-0.2, 0) is 0 Å². The molecule has 0 atom stereocenters. The summed E-state index contributed by atoms with van der Waals surface area (Å²) in [6, 6.07) is 7.18. The van der Waals surface area contributed by atoms with Gasteiger partial charge in [-0.05, 0) is 44.2 Å². The van der Waals surface area contributed by atoms with Crippen LogP contribution >= 0.6 is 0 Å². The molecule has 1 amide bonds. The zero-order valence-corrected chi connectivity index (χ0v) is 10.8. The van der Waals surface area contributed by atoms with Crippen LogP contribution in [0.1, 0.15) is 22.5 Å². The predicted octanol–water partition coefficient (Wildman–Crippen LogP) is 1.73. The maximum atomic E-state index is 11.9. The third kappa shape index (κ3) is 3.20. The standard InChI is InChI=1S/C14H17N3O2/c1-10-11(14(18)16-8-3-7-15)5-6-12(17-10)13-4-2-9-19-13/h2,4-6,9H,3,7-8,15H2,1H3,(H,16,18). The third-order valence-electron chi connectivity index (χ3n) is 2.77. The van der Waals surface area contributed by atoms with Crippen molar-refractivity contribution < 1.29 is 9.21 Å². The van der Waals surface area contributed by atoms with E-state index >= 15 is 0 Å². The van der Waals surface area contributed by atoms with Crippen molar-refractivity contribution in [2.45, 2.75) is 13.3 Å². The molecule has 0 unspecified atom stereocenters. The molecule has 0 bridgehead atoms. The maximum absolute atomic E-state index is 11.9. The van der Waals surface area contributed by atoms with Crippen LogP contribution in [0.15, 0.2) is 34.9 Å². The number of carbonyl (C=O) groups is 1. The Bertz CT molecular complexity index is 550. The van der Waals surface area contributed by atoms with Gasteiger partial charge in [-0.1, -0.05) is 0 Å². The van der Waals surface area contributed by atoms with Gasteiger partial charge in [0.1, 0.15) is 5.69 Å². The lowest BCUT2D eigenvalue weighted by atomic mass is 10.1. The van der Waals surface area contributed by atoms with Crippen molar-refractivity contribution in [3.63, 3.8) is 0 Å². The number of amides is 1. The summed E-state index contributed by atoms with van der Waals surface area (Å²) in [4.78, 5) is 16.3. The highest BCUT2D eigenvalue weighted by molar-refractivity contribution is 5.95. The Kier molecular flexibility index (Phi) is 4.30. The summed E-state index contributed by atoms with van der Waals surface area (Å²) >= 11 is 0. The summed E-state index contributed by atoms with van der Waals surface area (Å²) in [5.74, 6) is 0.572. The van der Waals surface area contributed by atoms with Crippen molar-refractivity contribution in [3.05, 3.63) is 41.8 Å². The van der Waals surface area contributed by atoms with Gasteiger partial charge in [0.15, 0.2) is 5.76 Å². The number of carbonyl (C=O) groups excluding carboxylic acids is 1. The maximum Gasteiger partial charge on any atom is 0.253 e. The summed E-state index contributed by atoms with van der Waals surface area (Å²) in [5.41, 5.74) is 7.36. The molecule has 0 aliphatic heterocycles.